The van der Waals surface area contributed by atoms with Crippen molar-refractivity contribution in [2.75, 3.05) is 13.6 Å². The number of halogens is 1. The third-order valence-corrected chi connectivity index (χ3v) is 2.93. The maximum absolute atomic E-state index is 13.6. The summed E-state index contributed by atoms with van der Waals surface area (Å²) in [5.41, 5.74) is 7.29. The first-order valence-corrected chi connectivity index (χ1v) is 6.33. The topological polar surface area (TPSA) is 29.3 Å². The van der Waals surface area contributed by atoms with E-state index in [-0.39, 0.29) is 5.82 Å². The van der Waals surface area contributed by atoms with Crippen LogP contribution in [0.4, 0.5) is 4.39 Å². The Labute approximate surface area is 104 Å². The van der Waals surface area contributed by atoms with Crippen molar-refractivity contribution in [1.82, 2.24) is 4.90 Å². The number of nitrogens with two attached hydrogens (primary N) is 1. The Morgan fingerprint density at radius 3 is 2.71 bits per heavy atom. The maximum Gasteiger partial charge on any atom is 0.127 e. The number of unbranched alkanes of at least 4 members (excludes halogenated alkanes) is 2. The molecule has 1 rings (SSSR count). The molecule has 17 heavy (non-hydrogen) atoms. The molecule has 0 unspecified atom stereocenters. The summed E-state index contributed by atoms with van der Waals surface area (Å²) in [7, 11) is 2.03. The zero-order valence-corrected chi connectivity index (χ0v) is 10.9. The third kappa shape index (κ3) is 4.84. The first kappa shape index (κ1) is 14.1. The van der Waals surface area contributed by atoms with Gasteiger partial charge in [0.1, 0.15) is 5.82 Å². The molecule has 0 aliphatic carbocycles. The summed E-state index contributed by atoms with van der Waals surface area (Å²) >= 11 is 0. The summed E-state index contributed by atoms with van der Waals surface area (Å²) in [5.74, 6) is -0.135. The Morgan fingerprint density at radius 1 is 1.29 bits per heavy atom. The largest absolute Gasteiger partial charge is 0.326 e. The molecular formula is C14H23FN2. The van der Waals surface area contributed by atoms with Crippen LogP contribution in [0.5, 0.6) is 0 Å². The molecular weight excluding hydrogens is 215 g/mol. The van der Waals surface area contributed by atoms with Crippen LogP contribution in [0.1, 0.15) is 37.3 Å². The van der Waals surface area contributed by atoms with Crippen molar-refractivity contribution in [1.29, 1.82) is 0 Å². The van der Waals surface area contributed by atoms with Gasteiger partial charge in [0.2, 0.25) is 0 Å². The van der Waals surface area contributed by atoms with Crippen molar-refractivity contribution in [2.45, 2.75) is 39.3 Å². The molecule has 0 spiro atoms. The van der Waals surface area contributed by atoms with Crippen molar-refractivity contribution in [3.63, 3.8) is 0 Å². The lowest BCUT2D eigenvalue weighted by Gasteiger charge is -2.17. The molecule has 1 aromatic carbocycles. The molecule has 0 amide bonds. The molecule has 3 heteroatoms. The van der Waals surface area contributed by atoms with Crippen molar-refractivity contribution in [3.8, 4) is 0 Å². The molecule has 0 aliphatic heterocycles. The van der Waals surface area contributed by atoms with Gasteiger partial charge in [-0.05, 0) is 31.6 Å². The lowest BCUT2D eigenvalue weighted by atomic mass is 10.1. The molecule has 0 saturated heterocycles. The first-order chi connectivity index (χ1) is 8.17. The summed E-state index contributed by atoms with van der Waals surface area (Å²) in [4.78, 5) is 2.16. The van der Waals surface area contributed by atoms with Gasteiger partial charge in [-0.3, -0.25) is 0 Å². The van der Waals surface area contributed by atoms with Crippen LogP contribution in [0.2, 0.25) is 0 Å². The van der Waals surface area contributed by atoms with E-state index in [9.17, 15) is 4.39 Å². The molecule has 0 saturated carbocycles. The monoisotopic (exact) mass is 238 g/mol. The lowest BCUT2D eigenvalue weighted by molar-refractivity contribution is 0.313. The Balaban J connectivity index is 2.54. The minimum absolute atomic E-state index is 0.135. The van der Waals surface area contributed by atoms with Gasteiger partial charge in [-0.1, -0.05) is 31.9 Å². The van der Waals surface area contributed by atoms with E-state index >= 15 is 0 Å². The van der Waals surface area contributed by atoms with Crippen LogP contribution in [-0.4, -0.2) is 18.5 Å². The molecule has 0 aromatic heterocycles. The Hall–Kier alpha value is -0.930. The molecule has 2 nitrogen and oxygen atoms in total. The molecule has 96 valence electrons. The predicted molar refractivity (Wildman–Crippen MR) is 70.2 cm³/mol. The summed E-state index contributed by atoms with van der Waals surface area (Å²) in [6, 6.07) is 5.12. The van der Waals surface area contributed by atoms with Crippen LogP contribution < -0.4 is 5.73 Å². The predicted octanol–water partition coefficient (Wildman–Crippen LogP) is 2.91. The molecule has 0 radical (unpaired) electrons. The van der Waals surface area contributed by atoms with Crippen molar-refractivity contribution < 1.29 is 4.39 Å². The molecule has 0 fully saturated rings. The normalized spacial score (nSPS) is 11.1. The Bertz CT molecular complexity index is 339. The fourth-order valence-corrected chi connectivity index (χ4v) is 1.88. The van der Waals surface area contributed by atoms with Gasteiger partial charge >= 0.3 is 0 Å². The van der Waals surface area contributed by atoms with Gasteiger partial charge in [0.15, 0.2) is 0 Å². The number of nitrogens with zero attached hydrogens (tertiary/aromatic N) is 1. The van der Waals surface area contributed by atoms with Gasteiger partial charge in [-0.15, -0.1) is 0 Å². The summed E-state index contributed by atoms with van der Waals surface area (Å²) in [6.45, 7) is 4.32. The smallest absolute Gasteiger partial charge is 0.127 e. The van der Waals surface area contributed by atoms with Gasteiger partial charge in [0, 0.05) is 18.7 Å². The fraction of sp³-hybridized carbons (Fsp3) is 0.571. The molecule has 0 bridgehead atoms. The van der Waals surface area contributed by atoms with E-state index in [2.05, 4.69) is 11.8 Å². The maximum atomic E-state index is 13.6. The van der Waals surface area contributed by atoms with E-state index in [0.29, 0.717) is 13.1 Å². The number of rotatable bonds is 7. The quantitative estimate of drug-likeness (QED) is 0.740. The zero-order chi connectivity index (χ0) is 12.7. The van der Waals surface area contributed by atoms with E-state index in [1.165, 1.54) is 25.3 Å². The Morgan fingerprint density at radius 2 is 2.06 bits per heavy atom. The number of benzene rings is 1. The van der Waals surface area contributed by atoms with Gasteiger partial charge in [0.05, 0.1) is 0 Å². The van der Waals surface area contributed by atoms with E-state index in [1.54, 1.807) is 6.07 Å². The fourth-order valence-electron chi connectivity index (χ4n) is 1.88. The average molecular weight is 238 g/mol. The second-order valence-electron chi connectivity index (χ2n) is 4.57. The zero-order valence-electron chi connectivity index (χ0n) is 10.9. The second kappa shape index (κ2) is 7.41. The highest BCUT2D eigenvalue weighted by molar-refractivity contribution is 5.24. The van der Waals surface area contributed by atoms with Crippen LogP contribution in [0.3, 0.4) is 0 Å². The van der Waals surface area contributed by atoms with Gasteiger partial charge < -0.3 is 10.6 Å². The molecule has 0 aliphatic rings. The highest BCUT2D eigenvalue weighted by atomic mass is 19.1. The highest BCUT2D eigenvalue weighted by Gasteiger charge is 2.06. The molecule has 0 atom stereocenters. The first-order valence-electron chi connectivity index (χ1n) is 6.33. The van der Waals surface area contributed by atoms with Gasteiger partial charge in [-0.25, -0.2) is 4.39 Å². The van der Waals surface area contributed by atoms with Crippen molar-refractivity contribution in [2.24, 2.45) is 5.73 Å². The lowest BCUT2D eigenvalue weighted by Crippen LogP contribution is -2.20. The molecule has 1 aromatic rings. The van der Waals surface area contributed by atoms with E-state index < -0.39 is 0 Å². The van der Waals surface area contributed by atoms with Crippen LogP contribution in [0.25, 0.3) is 0 Å². The standard InChI is InChI=1S/C14H23FN2/c1-3-4-5-8-17(2)11-13-9-12(10-16)6-7-14(13)15/h6-7,9H,3-5,8,10-11,16H2,1-2H3. The van der Waals surface area contributed by atoms with Crippen molar-refractivity contribution in [3.05, 3.63) is 35.1 Å². The molecule has 0 heterocycles. The molecule has 2 N–H and O–H groups in total. The SMILES string of the molecule is CCCCCN(C)Cc1cc(CN)ccc1F. The third-order valence-electron chi connectivity index (χ3n) is 2.93. The van der Waals surface area contributed by atoms with Gasteiger partial charge in [-0.2, -0.15) is 0 Å². The minimum Gasteiger partial charge on any atom is -0.326 e. The Kier molecular flexibility index (Phi) is 6.16. The van der Waals surface area contributed by atoms with Crippen LogP contribution in [-0.2, 0) is 13.1 Å². The minimum atomic E-state index is -0.135. The van der Waals surface area contributed by atoms with E-state index in [1.807, 2.05) is 13.1 Å². The summed E-state index contributed by atoms with van der Waals surface area (Å²) in [5, 5.41) is 0. The highest BCUT2D eigenvalue weighted by Crippen LogP contribution is 2.12. The number of hydrogen-bond acceptors (Lipinski definition) is 2. The average Bonchev–Trinajstić information content (AvgIpc) is 2.32. The number of hydrogen-bond donors (Lipinski definition) is 1. The summed E-state index contributed by atoms with van der Waals surface area (Å²) < 4.78 is 13.6. The van der Waals surface area contributed by atoms with Crippen molar-refractivity contribution >= 4 is 0 Å². The van der Waals surface area contributed by atoms with Crippen LogP contribution in [0.15, 0.2) is 18.2 Å². The van der Waals surface area contributed by atoms with E-state index in [4.69, 9.17) is 5.73 Å². The van der Waals surface area contributed by atoms with E-state index in [0.717, 1.165) is 17.7 Å². The second-order valence-corrected chi connectivity index (χ2v) is 4.57. The van der Waals surface area contributed by atoms with Crippen LogP contribution in [0, 0.1) is 5.82 Å². The van der Waals surface area contributed by atoms with Gasteiger partial charge in [0.25, 0.3) is 0 Å². The van der Waals surface area contributed by atoms with Crippen LogP contribution >= 0.6 is 0 Å². The summed E-state index contributed by atoms with van der Waals surface area (Å²) in [6.07, 6.45) is 3.62.